The average Bonchev–Trinajstić information content (AvgIpc) is 3.12. The average molecular weight is 316 g/mol. The zero-order valence-corrected chi connectivity index (χ0v) is 13.1. The van der Waals surface area contributed by atoms with Gasteiger partial charge in [-0.25, -0.2) is 4.98 Å². The summed E-state index contributed by atoms with van der Waals surface area (Å²) in [6.07, 6.45) is 3.21. The molecule has 0 bridgehead atoms. The maximum atomic E-state index is 12.0. The second-order valence-corrected chi connectivity index (χ2v) is 6.03. The molecule has 0 saturated heterocycles. The van der Waals surface area contributed by atoms with Crippen LogP contribution in [0.25, 0.3) is 6.08 Å². The van der Waals surface area contributed by atoms with Crippen LogP contribution in [0.4, 0.5) is 0 Å². The highest BCUT2D eigenvalue weighted by Crippen LogP contribution is 2.34. The molecule has 0 spiro atoms. The lowest BCUT2D eigenvalue weighted by molar-refractivity contribution is -0.117. The zero-order chi connectivity index (χ0) is 15.5. The lowest BCUT2D eigenvalue weighted by atomic mass is 10.1. The van der Waals surface area contributed by atoms with Crippen molar-refractivity contribution in [3.05, 3.63) is 45.9 Å². The molecule has 2 heterocycles. The molecule has 1 amide bonds. The van der Waals surface area contributed by atoms with Crippen LogP contribution in [-0.4, -0.2) is 17.7 Å². The van der Waals surface area contributed by atoms with Crippen LogP contribution in [-0.2, 0) is 4.79 Å². The van der Waals surface area contributed by atoms with Crippen molar-refractivity contribution in [2.45, 2.75) is 19.9 Å². The molecule has 1 N–H and O–H groups in total. The largest absolute Gasteiger partial charge is 0.454 e. The molecular weight excluding hydrogens is 300 g/mol. The zero-order valence-electron chi connectivity index (χ0n) is 12.3. The van der Waals surface area contributed by atoms with Crippen molar-refractivity contribution in [1.82, 2.24) is 10.3 Å². The highest BCUT2D eigenvalue weighted by atomic mass is 32.1. The van der Waals surface area contributed by atoms with E-state index >= 15 is 0 Å². The van der Waals surface area contributed by atoms with Gasteiger partial charge in [0.05, 0.1) is 16.7 Å². The Balaban J connectivity index is 1.62. The Labute approximate surface area is 132 Å². The van der Waals surface area contributed by atoms with E-state index in [1.165, 1.54) is 6.08 Å². The van der Waals surface area contributed by atoms with Gasteiger partial charge in [0.15, 0.2) is 11.5 Å². The number of fused-ring (bicyclic) bond motifs is 1. The molecular formula is C16H16N2O3S. The lowest BCUT2D eigenvalue weighted by Gasteiger charge is -2.13. The van der Waals surface area contributed by atoms with Gasteiger partial charge in [-0.2, -0.15) is 0 Å². The van der Waals surface area contributed by atoms with E-state index in [-0.39, 0.29) is 18.7 Å². The fourth-order valence-electron chi connectivity index (χ4n) is 2.15. The van der Waals surface area contributed by atoms with E-state index in [0.717, 1.165) is 22.0 Å². The van der Waals surface area contributed by atoms with Crippen LogP contribution in [0.1, 0.15) is 29.2 Å². The Hall–Kier alpha value is -2.34. The van der Waals surface area contributed by atoms with Crippen molar-refractivity contribution < 1.29 is 14.3 Å². The van der Waals surface area contributed by atoms with Crippen LogP contribution in [0.5, 0.6) is 11.5 Å². The van der Waals surface area contributed by atoms with Gasteiger partial charge in [-0.15, -0.1) is 11.3 Å². The Bertz CT molecular complexity index is 724. The van der Waals surface area contributed by atoms with Gasteiger partial charge < -0.3 is 14.8 Å². The number of amides is 1. The Morgan fingerprint density at radius 1 is 1.41 bits per heavy atom. The molecule has 1 unspecified atom stereocenters. The van der Waals surface area contributed by atoms with Crippen molar-refractivity contribution >= 4 is 23.3 Å². The molecule has 0 aliphatic carbocycles. The number of nitrogens with one attached hydrogen (secondary N) is 1. The van der Waals surface area contributed by atoms with Gasteiger partial charge in [-0.3, -0.25) is 4.79 Å². The van der Waals surface area contributed by atoms with Crippen LogP contribution in [0, 0.1) is 6.92 Å². The van der Waals surface area contributed by atoms with E-state index in [4.69, 9.17) is 9.47 Å². The summed E-state index contributed by atoms with van der Waals surface area (Å²) in [4.78, 5) is 16.2. The first kappa shape index (κ1) is 14.6. The van der Waals surface area contributed by atoms with Gasteiger partial charge in [0.2, 0.25) is 12.7 Å². The Morgan fingerprint density at radius 2 is 2.23 bits per heavy atom. The molecule has 5 nitrogen and oxygen atoms in total. The molecule has 3 rings (SSSR count). The summed E-state index contributed by atoms with van der Waals surface area (Å²) in [5.74, 6) is 1.30. The summed E-state index contributed by atoms with van der Waals surface area (Å²) in [7, 11) is 0. The minimum atomic E-state index is -0.157. The second-order valence-electron chi connectivity index (χ2n) is 4.97. The maximum Gasteiger partial charge on any atom is 0.244 e. The first-order chi connectivity index (χ1) is 10.6. The number of nitrogens with zero attached hydrogens (tertiary/aromatic N) is 1. The molecule has 1 aliphatic rings. The highest BCUT2D eigenvalue weighted by molar-refractivity contribution is 7.09. The van der Waals surface area contributed by atoms with Gasteiger partial charge in [0.1, 0.15) is 0 Å². The maximum absolute atomic E-state index is 12.0. The second kappa shape index (κ2) is 6.19. The third-order valence-corrected chi connectivity index (χ3v) is 4.09. The summed E-state index contributed by atoms with van der Waals surface area (Å²) in [5, 5.41) is 5.82. The molecule has 2 aromatic rings. The number of carbonyl (C=O) groups is 1. The van der Waals surface area contributed by atoms with Crippen LogP contribution in [0.3, 0.4) is 0 Å². The van der Waals surface area contributed by atoms with Crippen molar-refractivity contribution in [3.63, 3.8) is 0 Å². The number of carbonyl (C=O) groups excluding carboxylic acids is 1. The Morgan fingerprint density at radius 3 is 3.00 bits per heavy atom. The van der Waals surface area contributed by atoms with E-state index in [0.29, 0.717) is 5.75 Å². The highest BCUT2D eigenvalue weighted by Gasteiger charge is 2.16. The van der Waals surface area contributed by atoms with E-state index in [2.05, 4.69) is 10.3 Å². The van der Waals surface area contributed by atoms with Gasteiger partial charge in [0.25, 0.3) is 0 Å². The number of benzene rings is 1. The summed E-state index contributed by atoms with van der Waals surface area (Å²) in [6, 6.07) is 5.55. The van der Waals surface area contributed by atoms with Gasteiger partial charge >= 0.3 is 0 Å². The molecule has 0 fully saturated rings. The summed E-state index contributed by atoms with van der Waals surface area (Å²) in [6.45, 7) is 4.11. The molecule has 0 saturated carbocycles. The van der Waals surface area contributed by atoms with Gasteiger partial charge in [-0.05, 0) is 37.6 Å². The summed E-state index contributed by atoms with van der Waals surface area (Å²) in [5.41, 5.74) is 1.77. The fraction of sp³-hybridized carbons (Fsp3) is 0.250. The topological polar surface area (TPSA) is 60.5 Å². The molecule has 6 heteroatoms. The van der Waals surface area contributed by atoms with Crippen LogP contribution >= 0.6 is 11.3 Å². The van der Waals surface area contributed by atoms with Gasteiger partial charge in [-0.1, -0.05) is 6.07 Å². The smallest absolute Gasteiger partial charge is 0.244 e. The van der Waals surface area contributed by atoms with Crippen molar-refractivity contribution in [3.8, 4) is 11.5 Å². The number of thiazole rings is 1. The fourth-order valence-corrected chi connectivity index (χ4v) is 2.73. The summed E-state index contributed by atoms with van der Waals surface area (Å²) >= 11 is 1.56. The minimum absolute atomic E-state index is 0.121. The first-order valence-electron chi connectivity index (χ1n) is 6.92. The normalized spacial score (nSPS) is 14.3. The van der Waals surface area contributed by atoms with Crippen molar-refractivity contribution in [2.75, 3.05) is 6.79 Å². The number of aromatic nitrogens is 1. The predicted molar refractivity (Wildman–Crippen MR) is 85.0 cm³/mol. The molecule has 22 heavy (non-hydrogen) atoms. The van der Waals surface area contributed by atoms with Crippen LogP contribution in [0.2, 0.25) is 0 Å². The summed E-state index contributed by atoms with van der Waals surface area (Å²) < 4.78 is 10.6. The SMILES string of the molecule is Cc1nc(/C=C/C(=O)NC(C)c2ccc3c(c2)OCO3)cs1. The van der Waals surface area contributed by atoms with E-state index in [9.17, 15) is 4.79 Å². The molecule has 1 aromatic heterocycles. The first-order valence-corrected chi connectivity index (χ1v) is 7.80. The van der Waals surface area contributed by atoms with E-state index in [1.807, 2.05) is 37.4 Å². The third kappa shape index (κ3) is 3.28. The minimum Gasteiger partial charge on any atom is -0.454 e. The standard InChI is InChI=1S/C16H16N2O3S/c1-10(12-3-5-14-15(7-12)21-9-20-14)17-16(19)6-4-13-8-22-11(2)18-13/h3-8,10H,9H2,1-2H3,(H,17,19)/b6-4+. The monoisotopic (exact) mass is 316 g/mol. The number of hydrogen-bond acceptors (Lipinski definition) is 5. The number of ether oxygens (including phenoxy) is 2. The molecule has 1 atom stereocenters. The Kier molecular flexibility index (Phi) is 4.11. The number of hydrogen-bond donors (Lipinski definition) is 1. The number of aryl methyl sites for hydroxylation is 1. The van der Waals surface area contributed by atoms with E-state index in [1.54, 1.807) is 17.4 Å². The van der Waals surface area contributed by atoms with Gasteiger partial charge in [0, 0.05) is 11.5 Å². The van der Waals surface area contributed by atoms with Crippen LogP contribution in [0.15, 0.2) is 29.7 Å². The molecule has 0 radical (unpaired) electrons. The quantitative estimate of drug-likeness (QED) is 0.881. The molecule has 1 aromatic carbocycles. The third-order valence-electron chi connectivity index (χ3n) is 3.30. The van der Waals surface area contributed by atoms with Crippen molar-refractivity contribution in [2.24, 2.45) is 0 Å². The molecule has 1 aliphatic heterocycles. The lowest BCUT2D eigenvalue weighted by Crippen LogP contribution is -2.24. The van der Waals surface area contributed by atoms with Crippen LogP contribution < -0.4 is 14.8 Å². The predicted octanol–water partition coefficient (Wildman–Crippen LogP) is 3.07. The number of rotatable bonds is 4. The molecule has 114 valence electrons. The van der Waals surface area contributed by atoms with E-state index < -0.39 is 0 Å². The van der Waals surface area contributed by atoms with Crippen molar-refractivity contribution in [1.29, 1.82) is 0 Å².